The van der Waals surface area contributed by atoms with Gasteiger partial charge in [-0.05, 0) is 67.3 Å². The summed E-state index contributed by atoms with van der Waals surface area (Å²) in [6.45, 7) is 5.72. The standard InChI is InChI=1S/C28H26F3N3O2/c1-15-8-5-6-11-20(15)23-16(2)21(12-13-22(23)36-4)27-32-17(3)25(34-27)28(35)33-19-10-7-9-18(14-19)24(29)26(30)31/h5-14,24,26H,1-4H3,(H,32,34)(H,33,35). The van der Waals surface area contributed by atoms with E-state index in [1.807, 2.05) is 50.2 Å². The first kappa shape index (κ1) is 25.0. The van der Waals surface area contributed by atoms with Gasteiger partial charge < -0.3 is 15.0 Å². The highest BCUT2D eigenvalue weighted by Gasteiger charge is 2.23. The van der Waals surface area contributed by atoms with Gasteiger partial charge in [0.15, 0.2) is 6.17 Å². The van der Waals surface area contributed by atoms with Crippen LogP contribution in [0.25, 0.3) is 22.5 Å². The van der Waals surface area contributed by atoms with Gasteiger partial charge in [-0.25, -0.2) is 18.2 Å². The number of benzene rings is 3. The molecule has 1 aromatic heterocycles. The van der Waals surface area contributed by atoms with Crippen LogP contribution in [0, 0.1) is 20.8 Å². The summed E-state index contributed by atoms with van der Waals surface area (Å²) in [5.41, 5.74) is 5.46. The number of amides is 1. The smallest absolute Gasteiger partial charge is 0.276 e. The van der Waals surface area contributed by atoms with Crippen molar-refractivity contribution in [1.82, 2.24) is 9.97 Å². The molecule has 4 rings (SSSR count). The van der Waals surface area contributed by atoms with Crippen molar-refractivity contribution in [2.75, 3.05) is 12.4 Å². The van der Waals surface area contributed by atoms with Crippen LogP contribution in [-0.4, -0.2) is 29.4 Å². The lowest BCUT2D eigenvalue weighted by Gasteiger charge is -2.16. The number of hydrogen-bond donors (Lipinski definition) is 2. The Morgan fingerprint density at radius 1 is 0.972 bits per heavy atom. The van der Waals surface area contributed by atoms with E-state index in [1.54, 1.807) is 14.0 Å². The van der Waals surface area contributed by atoms with Crippen LogP contribution in [0.5, 0.6) is 5.75 Å². The van der Waals surface area contributed by atoms with E-state index < -0.39 is 18.5 Å². The average molecular weight is 494 g/mol. The fraction of sp³-hybridized carbons (Fsp3) is 0.214. The summed E-state index contributed by atoms with van der Waals surface area (Å²) in [6.07, 6.45) is -5.58. The van der Waals surface area contributed by atoms with Crippen LogP contribution < -0.4 is 10.1 Å². The quantitative estimate of drug-likeness (QED) is 0.286. The normalized spacial score (nSPS) is 12.0. The molecule has 36 heavy (non-hydrogen) atoms. The van der Waals surface area contributed by atoms with Gasteiger partial charge in [-0.1, -0.05) is 36.4 Å². The van der Waals surface area contributed by atoms with Gasteiger partial charge >= 0.3 is 0 Å². The highest BCUT2D eigenvalue weighted by molar-refractivity contribution is 6.04. The molecule has 4 aromatic rings. The number of H-pyrrole nitrogens is 1. The lowest BCUT2D eigenvalue weighted by molar-refractivity contribution is 0.0496. The number of alkyl halides is 3. The zero-order chi connectivity index (χ0) is 26.0. The Bertz CT molecular complexity index is 1420. The molecule has 186 valence electrons. The van der Waals surface area contributed by atoms with Crippen molar-refractivity contribution in [1.29, 1.82) is 0 Å². The van der Waals surface area contributed by atoms with Crippen molar-refractivity contribution in [2.24, 2.45) is 0 Å². The minimum absolute atomic E-state index is 0.147. The number of halogens is 3. The van der Waals surface area contributed by atoms with E-state index in [4.69, 9.17) is 4.74 Å². The SMILES string of the molecule is COc1ccc(-c2nc(C(=O)Nc3cccc(C(F)C(F)F)c3)c(C)[nH]2)c(C)c1-c1ccccc1C. The molecule has 1 heterocycles. The van der Waals surface area contributed by atoms with E-state index in [1.165, 1.54) is 24.3 Å². The molecular weight excluding hydrogens is 467 g/mol. The fourth-order valence-electron chi connectivity index (χ4n) is 4.23. The Kier molecular flexibility index (Phi) is 7.15. The van der Waals surface area contributed by atoms with Crippen LogP contribution in [0.4, 0.5) is 18.9 Å². The second-order valence-corrected chi connectivity index (χ2v) is 8.51. The Labute approximate surface area is 207 Å². The molecular formula is C28H26F3N3O2. The summed E-state index contributed by atoms with van der Waals surface area (Å²) in [7, 11) is 1.62. The molecule has 5 nitrogen and oxygen atoms in total. The van der Waals surface area contributed by atoms with E-state index in [0.29, 0.717) is 11.5 Å². The number of nitrogens with zero attached hydrogens (tertiary/aromatic N) is 1. The third-order valence-corrected chi connectivity index (χ3v) is 6.10. The maximum atomic E-state index is 13.7. The predicted octanol–water partition coefficient (Wildman–Crippen LogP) is 7.21. The maximum Gasteiger partial charge on any atom is 0.276 e. The molecule has 0 bridgehead atoms. The lowest BCUT2D eigenvalue weighted by atomic mass is 9.92. The van der Waals surface area contributed by atoms with E-state index in [2.05, 4.69) is 15.3 Å². The average Bonchev–Trinajstić information content (AvgIpc) is 3.25. The molecule has 0 aliphatic rings. The highest BCUT2D eigenvalue weighted by atomic mass is 19.3. The van der Waals surface area contributed by atoms with Crippen molar-refractivity contribution >= 4 is 11.6 Å². The molecule has 2 N–H and O–H groups in total. The largest absolute Gasteiger partial charge is 0.496 e. The molecule has 1 unspecified atom stereocenters. The minimum atomic E-state index is -3.15. The predicted molar refractivity (Wildman–Crippen MR) is 134 cm³/mol. The number of ether oxygens (including phenoxy) is 1. The van der Waals surface area contributed by atoms with E-state index in [-0.39, 0.29) is 16.9 Å². The van der Waals surface area contributed by atoms with Gasteiger partial charge in [0.1, 0.15) is 17.3 Å². The summed E-state index contributed by atoms with van der Waals surface area (Å²) in [5.74, 6) is 0.689. The van der Waals surface area contributed by atoms with Crippen molar-refractivity contribution in [3.63, 3.8) is 0 Å². The molecule has 0 saturated heterocycles. The molecule has 3 aromatic carbocycles. The number of aryl methyl sites for hydroxylation is 2. The second-order valence-electron chi connectivity index (χ2n) is 8.51. The zero-order valence-corrected chi connectivity index (χ0v) is 20.3. The van der Waals surface area contributed by atoms with Gasteiger partial charge in [0.25, 0.3) is 12.3 Å². The molecule has 0 fully saturated rings. The topological polar surface area (TPSA) is 67.0 Å². The van der Waals surface area contributed by atoms with Crippen LogP contribution in [-0.2, 0) is 0 Å². The number of aromatic amines is 1. The third kappa shape index (κ3) is 4.84. The van der Waals surface area contributed by atoms with Crippen molar-refractivity contribution in [2.45, 2.75) is 33.4 Å². The van der Waals surface area contributed by atoms with Gasteiger partial charge in [0, 0.05) is 22.5 Å². The minimum Gasteiger partial charge on any atom is -0.496 e. The fourth-order valence-corrected chi connectivity index (χ4v) is 4.23. The molecule has 1 atom stereocenters. The molecule has 0 spiro atoms. The van der Waals surface area contributed by atoms with Gasteiger partial charge in [-0.3, -0.25) is 4.79 Å². The van der Waals surface area contributed by atoms with Gasteiger partial charge in [0.2, 0.25) is 0 Å². The first-order valence-electron chi connectivity index (χ1n) is 11.3. The van der Waals surface area contributed by atoms with Crippen molar-refractivity contribution in [3.05, 3.63) is 88.7 Å². The highest BCUT2D eigenvalue weighted by Crippen LogP contribution is 2.39. The number of nitrogens with one attached hydrogen (secondary N) is 2. The third-order valence-electron chi connectivity index (χ3n) is 6.10. The Morgan fingerprint density at radius 2 is 1.72 bits per heavy atom. The molecule has 1 amide bonds. The number of anilines is 1. The number of imidazole rings is 1. The number of hydrogen-bond acceptors (Lipinski definition) is 3. The van der Waals surface area contributed by atoms with Crippen LogP contribution in [0.1, 0.15) is 39.0 Å². The van der Waals surface area contributed by atoms with Gasteiger partial charge in [0.05, 0.1) is 7.11 Å². The first-order valence-corrected chi connectivity index (χ1v) is 11.3. The second kappa shape index (κ2) is 10.3. The summed E-state index contributed by atoms with van der Waals surface area (Å²) < 4.78 is 44.9. The molecule has 0 saturated carbocycles. The number of carbonyl (C=O) groups excluding carboxylic acids is 1. The van der Waals surface area contributed by atoms with Crippen molar-refractivity contribution in [3.8, 4) is 28.3 Å². The van der Waals surface area contributed by atoms with Gasteiger partial charge in [-0.2, -0.15) is 0 Å². The lowest BCUT2D eigenvalue weighted by Crippen LogP contribution is -2.14. The van der Waals surface area contributed by atoms with Crippen LogP contribution >= 0.6 is 0 Å². The summed E-state index contributed by atoms with van der Waals surface area (Å²) in [5, 5.41) is 2.62. The van der Waals surface area contributed by atoms with Gasteiger partial charge in [-0.15, -0.1) is 0 Å². The molecule has 8 heteroatoms. The summed E-state index contributed by atoms with van der Waals surface area (Å²) >= 11 is 0. The van der Waals surface area contributed by atoms with Crippen LogP contribution in [0.3, 0.4) is 0 Å². The Hall–Kier alpha value is -4.07. The van der Waals surface area contributed by atoms with E-state index >= 15 is 0 Å². The molecule has 0 aliphatic carbocycles. The van der Waals surface area contributed by atoms with Crippen LogP contribution in [0.15, 0.2) is 60.7 Å². The maximum absolute atomic E-state index is 13.7. The Morgan fingerprint density at radius 3 is 2.42 bits per heavy atom. The van der Waals surface area contributed by atoms with Crippen LogP contribution in [0.2, 0.25) is 0 Å². The molecule has 0 aliphatic heterocycles. The summed E-state index contributed by atoms with van der Waals surface area (Å²) in [6, 6.07) is 17.1. The van der Waals surface area contributed by atoms with E-state index in [9.17, 15) is 18.0 Å². The first-order chi connectivity index (χ1) is 17.2. The Balaban J connectivity index is 1.68. The number of rotatable bonds is 7. The van der Waals surface area contributed by atoms with E-state index in [0.717, 1.165) is 33.6 Å². The number of methoxy groups -OCH3 is 1. The van der Waals surface area contributed by atoms with Crippen molar-refractivity contribution < 1.29 is 22.7 Å². The molecule has 0 radical (unpaired) electrons. The zero-order valence-electron chi connectivity index (χ0n) is 20.3. The monoisotopic (exact) mass is 493 g/mol. The number of aromatic nitrogens is 2. The number of carbonyl (C=O) groups is 1. The summed E-state index contributed by atoms with van der Waals surface area (Å²) in [4.78, 5) is 20.7.